The molecule has 1 rings (SSSR count). The first-order valence-corrected chi connectivity index (χ1v) is 4.05. The third-order valence-electron chi connectivity index (χ3n) is 1.71. The van der Waals surface area contributed by atoms with Gasteiger partial charge in [-0.2, -0.15) is 4.98 Å². The molecule has 0 saturated heterocycles. The van der Waals surface area contributed by atoms with Gasteiger partial charge in [0, 0.05) is 6.07 Å². The Hall–Kier alpha value is -1.69. The maximum atomic E-state index is 10.7. The Kier molecular flexibility index (Phi) is 2.39. The summed E-state index contributed by atoms with van der Waals surface area (Å²) in [5.74, 6) is 0.647. The number of nitrogens with two attached hydrogens (primary N) is 1. The van der Waals surface area contributed by atoms with Crippen LogP contribution in [0.5, 0.6) is 0 Å². The van der Waals surface area contributed by atoms with Gasteiger partial charge in [-0.15, -0.1) is 0 Å². The number of hydrogen-bond donors (Lipinski definition) is 1. The molecule has 0 saturated carbocycles. The lowest BCUT2D eigenvalue weighted by molar-refractivity contribution is -0.384. The van der Waals surface area contributed by atoms with E-state index in [1.54, 1.807) is 21.1 Å². The molecule has 6 heteroatoms. The van der Waals surface area contributed by atoms with Gasteiger partial charge in [0.25, 0.3) is 0 Å². The molecule has 0 amide bonds. The molecule has 0 unspecified atom stereocenters. The van der Waals surface area contributed by atoms with Gasteiger partial charge >= 0.3 is 11.5 Å². The second-order valence-electron chi connectivity index (χ2n) is 3.85. The van der Waals surface area contributed by atoms with E-state index in [-0.39, 0.29) is 10.2 Å². The van der Waals surface area contributed by atoms with E-state index < -0.39 is 4.92 Å². The molecule has 6 nitrogen and oxygen atoms in total. The Morgan fingerprint density at radius 2 is 2.00 bits per heavy atom. The van der Waals surface area contributed by atoms with E-state index in [1.165, 1.54) is 12.1 Å². The van der Waals surface area contributed by atoms with Crippen molar-refractivity contribution in [2.45, 2.75) is 0 Å². The van der Waals surface area contributed by atoms with Crippen molar-refractivity contribution in [1.29, 1.82) is 0 Å². The number of hydrogen-bond acceptors (Lipinski definition) is 4. The molecule has 0 aliphatic heterocycles. The first-order valence-electron chi connectivity index (χ1n) is 4.05. The zero-order valence-electron chi connectivity index (χ0n) is 8.39. The largest absolute Gasteiger partial charge is 0.383 e. The molecule has 0 aromatic carbocycles. The Balaban J connectivity index is 3.38. The summed E-state index contributed by atoms with van der Waals surface area (Å²) in [5.41, 5.74) is 5.47. The third kappa shape index (κ3) is 1.97. The van der Waals surface area contributed by atoms with Crippen LogP contribution in [0.25, 0.3) is 0 Å². The lowest BCUT2D eigenvalue weighted by Crippen LogP contribution is -2.36. The van der Waals surface area contributed by atoms with Gasteiger partial charge < -0.3 is 5.73 Å². The number of pyridine rings is 1. The van der Waals surface area contributed by atoms with Crippen LogP contribution >= 0.6 is 0 Å². The molecule has 1 heterocycles. The van der Waals surface area contributed by atoms with E-state index in [2.05, 4.69) is 4.98 Å². The first-order chi connectivity index (χ1) is 6.32. The SMILES string of the molecule is C[N+](C)(C)c1nc(N)ccc1[N+](=O)[O-]. The predicted octanol–water partition coefficient (Wildman–Crippen LogP) is 0.769. The number of aromatic nitrogens is 1. The molecular formula is C8H13N4O2+. The van der Waals surface area contributed by atoms with Crippen LogP contribution in [-0.2, 0) is 0 Å². The number of rotatable bonds is 2. The normalized spacial score (nSPS) is 11.4. The number of nitrogens with zero attached hydrogens (tertiary/aromatic N) is 3. The number of quaternary nitrogens is 1. The van der Waals surface area contributed by atoms with E-state index in [0.717, 1.165) is 0 Å². The van der Waals surface area contributed by atoms with Gasteiger partial charge in [-0.25, -0.2) is 0 Å². The summed E-state index contributed by atoms with van der Waals surface area (Å²) in [4.78, 5) is 14.2. The average molecular weight is 197 g/mol. The molecule has 14 heavy (non-hydrogen) atoms. The molecular weight excluding hydrogens is 184 g/mol. The van der Waals surface area contributed by atoms with Gasteiger partial charge in [0.2, 0.25) is 0 Å². The van der Waals surface area contributed by atoms with Gasteiger partial charge in [0.15, 0.2) is 0 Å². The summed E-state index contributed by atoms with van der Waals surface area (Å²) in [6, 6.07) is 2.80. The maximum absolute atomic E-state index is 10.7. The van der Waals surface area contributed by atoms with Gasteiger partial charge in [-0.3, -0.25) is 14.6 Å². The highest BCUT2D eigenvalue weighted by molar-refractivity contribution is 5.57. The number of nitrogen functional groups attached to an aromatic ring is 1. The van der Waals surface area contributed by atoms with Gasteiger partial charge in [0.1, 0.15) is 5.82 Å². The highest BCUT2D eigenvalue weighted by Gasteiger charge is 2.27. The minimum atomic E-state index is -0.453. The van der Waals surface area contributed by atoms with Gasteiger partial charge in [-0.05, 0) is 6.07 Å². The summed E-state index contributed by atoms with van der Waals surface area (Å²) in [5, 5.41) is 10.7. The predicted molar refractivity (Wildman–Crippen MR) is 54.9 cm³/mol. The van der Waals surface area contributed by atoms with Crippen LogP contribution in [0.3, 0.4) is 0 Å². The van der Waals surface area contributed by atoms with E-state index >= 15 is 0 Å². The zero-order chi connectivity index (χ0) is 10.9. The highest BCUT2D eigenvalue weighted by Crippen LogP contribution is 2.28. The van der Waals surface area contributed by atoms with Crippen LogP contribution in [0.2, 0.25) is 0 Å². The van der Waals surface area contributed by atoms with Crippen molar-refractivity contribution in [2.75, 3.05) is 26.9 Å². The van der Waals surface area contributed by atoms with E-state index in [0.29, 0.717) is 11.6 Å². The quantitative estimate of drug-likeness (QED) is 0.431. The molecule has 2 N–H and O–H groups in total. The summed E-state index contributed by atoms with van der Waals surface area (Å²) in [7, 11) is 5.40. The van der Waals surface area contributed by atoms with Crippen molar-refractivity contribution in [2.24, 2.45) is 0 Å². The molecule has 1 aromatic heterocycles. The minimum Gasteiger partial charge on any atom is -0.383 e. The van der Waals surface area contributed by atoms with Crippen molar-refractivity contribution < 1.29 is 4.92 Å². The lowest BCUT2D eigenvalue weighted by atomic mass is 10.3. The van der Waals surface area contributed by atoms with Crippen LogP contribution < -0.4 is 10.2 Å². The van der Waals surface area contributed by atoms with Crippen LogP contribution in [0.1, 0.15) is 0 Å². The van der Waals surface area contributed by atoms with E-state index in [4.69, 9.17) is 5.73 Å². The maximum Gasteiger partial charge on any atom is 0.350 e. The van der Waals surface area contributed by atoms with E-state index in [1.807, 2.05) is 0 Å². The van der Waals surface area contributed by atoms with Crippen LogP contribution in [0, 0.1) is 10.1 Å². The summed E-state index contributed by atoms with van der Waals surface area (Å²) in [6.07, 6.45) is 0. The molecule has 1 aromatic rings. The van der Waals surface area contributed by atoms with Crippen molar-refractivity contribution >= 4 is 17.3 Å². The standard InChI is InChI=1S/C8H13N4O2/c1-12(2,3)8-6(11(13)14)4-5-7(9)10-8/h4-5H,1-3H3,(H2,9,10)/q+1. The second kappa shape index (κ2) is 3.22. The molecule has 0 atom stereocenters. The fraction of sp³-hybridized carbons (Fsp3) is 0.375. The topological polar surface area (TPSA) is 82.0 Å². The summed E-state index contributed by atoms with van der Waals surface area (Å²) in [6.45, 7) is 0. The third-order valence-corrected chi connectivity index (χ3v) is 1.71. The Morgan fingerprint density at radius 3 is 2.43 bits per heavy atom. The Morgan fingerprint density at radius 1 is 1.43 bits per heavy atom. The molecule has 0 radical (unpaired) electrons. The van der Waals surface area contributed by atoms with Crippen LogP contribution in [0.15, 0.2) is 12.1 Å². The number of anilines is 1. The zero-order valence-corrected chi connectivity index (χ0v) is 8.39. The fourth-order valence-corrected chi connectivity index (χ4v) is 1.09. The molecule has 0 bridgehead atoms. The molecule has 0 fully saturated rings. The van der Waals surface area contributed by atoms with Crippen LogP contribution in [-0.4, -0.2) is 31.1 Å². The Labute approximate surface area is 81.7 Å². The lowest BCUT2D eigenvalue weighted by Gasteiger charge is -2.21. The fourth-order valence-electron chi connectivity index (χ4n) is 1.09. The molecule has 0 aliphatic rings. The highest BCUT2D eigenvalue weighted by atomic mass is 16.6. The molecule has 0 aliphatic carbocycles. The van der Waals surface area contributed by atoms with Gasteiger partial charge in [0.05, 0.1) is 26.1 Å². The van der Waals surface area contributed by atoms with Crippen LogP contribution in [0.4, 0.5) is 17.3 Å². The minimum absolute atomic E-state index is 0.00769. The first kappa shape index (κ1) is 10.4. The second-order valence-corrected chi connectivity index (χ2v) is 3.85. The smallest absolute Gasteiger partial charge is 0.350 e. The van der Waals surface area contributed by atoms with Crippen molar-refractivity contribution in [3.8, 4) is 0 Å². The molecule has 0 spiro atoms. The summed E-state index contributed by atoms with van der Waals surface area (Å²) >= 11 is 0. The Bertz CT molecular complexity index is 370. The monoisotopic (exact) mass is 197 g/mol. The van der Waals surface area contributed by atoms with E-state index in [9.17, 15) is 10.1 Å². The van der Waals surface area contributed by atoms with Crippen molar-refractivity contribution in [3.05, 3.63) is 22.2 Å². The van der Waals surface area contributed by atoms with Crippen molar-refractivity contribution in [1.82, 2.24) is 9.47 Å². The number of nitro groups is 1. The summed E-state index contributed by atoms with van der Waals surface area (Å²) < 4.78 is 0.265. The average Bonchev–Trinajstić information content (AvgIpc) is 2.01. The van der Waals surface area contributed by atoms with Crippen molar-refractivity contribution in [3.63, 3.8) is 0 Å². The molecule has 76 valence electrons. The van der Waals surface area contributed by atoms with Gasteiger partial charge in [-0.1, -0.05) is 0 Å².